The first-order valence-corrected chi connectivity index (χ1v) is 8.35. The molecular formula is C18H20F2N4O3. The van der Waals surface area contributed by atoms with Crippen LogP contribution in [0.1, 0.15) is 37.6 Å². The fraction of sp³-hybridized carbons (Fsp3) is 0.389. The first-order valence-electron chi connectivity index (χ1n) is 8.35. The van der Waals surface area contributed by atoms with Gasteiger partial charge in [0.05, 0.1) is 17.5 Å². The number of nitrogens with two attached hydrogens (primary N) is 1. The number of carbonyl (C=O) groups is 1. The van der Waals surface area contributed by atoms with Crippen LogP contribution in [0.25, 0.3) is 0 Å². The molecule has 1 aromatic carbocycles. The fourth-order valence-electron chi connectivity index (χ4n) is 2.87. The van der Waals surface area contributed by atoms with E-state index in [9.17, 15) is 13.6 Å². The van der Waals surface area contributed by atoms with Gasteiger partial charge in [-0.1, -0.05) is 0 Å². The zero-order chi connectivity index (χ0) is 19.8. The van der Waals surface area contributed by atoms with Gasteiger partial charge >= 0.3 is 6.29 Å². The van der Waals surface area contributed by atoms with Crippen LogP contribution in [-0.2, 0) is 9.47 Å². The molecule has 2 heterocycles. The summed E-state index contributed by atoms with van der Waals surface area (Å²) in [6.45, 7) is 4.47. The van der Waals surface area contributed by atoms with Crippen molar-refractivity contribution in [3.8, 4) is 0 Å². The molecule has 7 nitrogen and oxygen atoms in total. The summed E-state index contributed by atoms with van der Waals surface area (Å²) < 4.78 is 36.4. The highest BCUT2D eigenvalue weighted by Gasteiger charge is 2.40. The van der Waals surface area contributed by atoms with E-state index < -0.39 is 18.2 Å². The molecule has 0 radical (unpaired) electrons. The number of carbonyl (C=O) groups excluding carboxylic acids is 1. The number of alkyl halides is 2. The van der Waals surface area contributed by atoms with E-state index in [1.54, 1.807) is 31.2 Å². The zero-order valence-corrected chi connectivity index (χ0v) is 15.1. The fourth-order valence-corrected chi connectivity index (χ4v) is 2.87. The molecule has 144 valence electrons. The number of ether oxygens (including phenoxy) is 2. The lowest BCUT2D eigenvalue weighted by atomic mass is 10.1. The Labute approximate surface area is 155 Å². The summed E-state index contributed by atoms with van der Waals surface area (Å²) in [4.78, 5) is 21.3. The number of nitrogens with zero attached hydrogens (tertiary/aromatic N) is 2. The van der Waals surface area contributed by atoms with Crippen molar-refractivity contribution >= 4 is 23.0 Å². The van der Waals surface area contributed by atoms with Crippen LogP contribution in [0.15, 0.2) is 46.1 Å². The predicted octanol–water partition coefficient (Wildman–Crippen LogP) is 2.85. The van der Waals surface area contributed by atoms with Gasteiger partial charge in [0, 0.05) is 30.7 Å². The maximum atomic E-state index is 13.6. The van der Waals surface area contributed by atoms with Gasteiger partial charge in [0.2, 0.25) is 5.79 Å². The second-order valence-corrected chi connectivity index (χ2v) is 6.61. The Morgan fingerprint density at radius 3 is 2.63 bits per heavy atom. The number of rotatable bonds is 2. The SMILES string of the molecule is C/C1=C\C2=NC(C)(NC(=O)c3ccc(N)cc3)N=C2CC(C)OC(F)(F)O1. The van der Waals surface area contributed by atoms with Crippen molar-refractivity contribution in [3.63, 3.8) is 0 Å². The van der Waals surface area contributed by atoms with Gasteiger partial charge < -0.3 is 15.8 Å². The average molecular weight is 378 g/mol. The minimum atomic E-state index is -3.73. The van der Waals surface area contributed by atoms with Gasteiger partial charge in [0.25, 0.3) is 5.91 Å². The lowest BCUT2D eigenvalue weighted by Crippen LogP contribution is -2.42. The highest BCUT2D eigenvalue weighted by atomic mass is 19.3. The summed E-state index contributed by atoms with van der Waals surface area (Å²) in [5.74, 6) is -1.72. The molecule has 1 amide bonds. The predicted molar refractivity (Wildman–Crippen MR) is 96.5 cm³/mol. The minimum Gasteiger partial charge on any atom is -0.414 e. The maximum Gasteiger partial charge on any atom is 0.535 e. The molecule has 0 saturated heterocycles. The van der Waals surface area contributed by atoms with Crippen molar-refractivity contribution in [1.82, 2.24) is 5.32 Å². The van der Waals surface area contributed by atoms with Crippen LogP contribution < -0.4 is 11.1 Å². The highest BCUT2D eigenvalue weighted by Crippen LogP contribution is 2.28. The molecule has 0 aromatic heterocycles. The van der Waals surface area contributed by atoms with Gasteiger partial charge in [0.15, 0.2) is 0 Å². The van der Waals surface area contributed by atoms with Crippen molar-refractivity contribution in [2.45, 2.75) is 45.4 Å². The Morgan fingerprint density at radius 2 is 1.96 bits per heavy atom. The summed E-state index contributed by atoms with van der Waals surface area (Å²) in [6, 6.07) is 6.41. The van der Waals surface area contributed by atoms with Crippen LogP contribution >= 0.6 is 0 Å². The minimum absolute atomic E-state index is 0.0744. The van der Waals surface area contributed by atoms with Crippen molar-refractivity contribution in [3.05, 3.63) is 41.7 Å². The smallest absolute Gasteiger partial charge is 0.414 e. The number of fused-ring (bicyclic) bond motifs is 1. The van der Waals surface area contributed by atoms with Crippen LogP contribution in [0.2, 0.25) is 0 Å². The van der Waals surface area contributed by atoms with E-state index in [1.165, 1.54) is 19.9 Å². The summed E-state index contributed by atoms with van der Waals surface area (Å²) in [5, 5.41) is 2.74. The van der Waals surface area contributed by atoms with Crippen LogP contribution in [0.3, 0.4) is 0 Å². The van der Waals surface area contributed by atoms with E-state index >= 15 is 0 Å². The number of aliphatic imine (C=N–C) groups is 2. The molecule has 2 atom stereocenters. The molecular weight excluding hydrogens is 358 g/mol. The number of hydrogen-bond donors (Lipinski definition) is 2. The maximum absolute atomic E-state index is 13.6. The molecule has 2 unspecified atom stereocenters. The number of benzene rings is 1. The second-order valence-electron chi connectivity index (χ2n) is 6.61. The number of anilines is 1. The largest absolute Gasteiger partial charge is 0.535 e. The van der Waals surface area contributed by atoms with E-state index in [0.717, 1.165) is 0 Å². The van der Waals surface area contributed by atoms with Gasteiger partial charge in [0.1, 0.15) is 5.76 Å². The number of allylic oxidation sites excluding steroid dienone is 2. The lowest BCUT2D eigenvalue weighted by Gasteiger charge is -2.21. The van der Waals surface area contributed by atoms with Gasteiger partial charge in [-0.05, 0) is 38.1 Å². The summed E-state index contributed by atoms with van der Waals surface area (Å²) >= 11 is 0. The third-order valence-electron chi connectivity index (χ3n) is 3.95. The number of nitrogens with one attached hydrogen (secondary N) is 1. The van der Waals surface area contributed by atoms with Crippen LogP contribution in [-0.4, -0.2) is 35.5 Å². The van der Waals surface area contributed by atoms with Crippen molar-refractivity contribution < 1.29 is 23.0 Å². The normalized spacial score (nSPS) is 28.9. The van der Waals surface area contributed by atoms with E-state index in [-0.39, 0.29) is 18.1 Å². The highest BCUT2D eigenvalue weighted by molar-refractivity contribution is 6.47. The molecule has 3 N–H and O–H groups in total. The number of hydrogen-bond acceptors (Lipinski definition) is 6. The van der Waals surface area contributed by atoms with Gasteiger partial charge in [-0.3, -0.25) is 9.53 Å². The van der Waals surface area contributed by atoms with Crippen LogP contribution in [0.5, 0.6) is 0 Å². The monoisotopic (exact) mass is 378 g/mol. The van der Waals surface area contributed by atoms with E-state index in [2.05, 4.69) is 24.8 Å². The topological polar surface area (TPSA) is 98.3 Å². The summed E-state index contributed by atoms with van der Waals surface area (Å²) in [5.41, 5.74) is 7.38. The zero-order valence-electron chi connectivity index (χ0n) is 15.1. The molecule has 1 aromatic rings. The molecule has 0 aliphatic carbocycles. The lowest BCUT2D eigenvalue weighted by molar-refractivity contribution is -0.389. The summed E-state index contributed by atoms with van der Waals surface area (Å²) in [7, 11) is 0. The Kier molecular flexibility index (Phi) is 4.73. The first kappa shape index (κ1) is 19.0. The number of amides is 1. The number of halogens is 2. The van der Waals surface area contributed by atoms with E-state index in [0.29, 0.717) is 22.7 Å². The van der Waals surface area contributed by atoms with Gasteiger partial charge in [-0.25, -0.2) is 9.98 Å². The van der Waals surface area contributed by atoms with Crippen LogP contribution in [0.4, 0.5) is 14.5 Å². The van der Waals surface area contributed by atoms with Crippen molar-refractivity contribution in [2.75, 3.05) is 5.73 Å². The number of nitrogen functional groups attached to an aromatic ring is 1. The van der Waals surface area contributed by atoms with Gasteiger partial charge in [-0.15, -0.1) is 8.78 Å². The molecule has 27 heavy (non-hydrogen) atoms. The molecule has 0 saturated carbocycles. The Bertz CT molecular complexity index is 849. The Morgan fingerprint density at radius 1 is 1.30 bits per heavy atom. The average Bonchev–Trinajstić information content (AvgIpc) is 2.81. The van der Waals surface area contributed by atoms with Crippen molar-refractivity contribution in [2.24, 2.45) is 9.98 Å². The molecule has 3 rings (SSSR count). The molecule has 2 aliphatic rings. The standard InChI is InChI=1S/C18H20F2N4O3/c1-10-8-14-15(9-11(2)27-18(19,20)26-10)23-17(3,22-14)24-16(25)12-4-6-13(21)7-5-12/h4-8,11H,9,21H2,1-3H3,(H,24,25)/b10-8+. The quantitative estimate of drug-likeness (QED) is 0.773. The van der Waals surface area contributed by atoms with Crippen LogP contribution in [0, 0.1) is 0 Å². The second kappa shape index (κ2) is 6.73. The molecule has 9 heteroatoms. The van der Waals surface area contributed by atoms with Gasteiger partial charge in [-0.2, -0.15) is 0 Å². The molecule has 0 fully saturated rings. The third kappa shape index (κ3) is 4.48. The summed E-state index contributed by atoms with van der Waals surface area (Å²) in [6.07, 6.45) is -3.14. The molecule has 2 aliphatic heterocycles. The molecule has 0 bridgehead atoms. The Hall–Kier alpha value is -2.81. The van der Waals surface area contributed by atoms with E-state index in [4.69, 9.17) is 5.73 Å². The third-order valence-corrected chi connectivity index (χ3v) is 3.95. The van der Waals surface area contributed by atoms with E-state index in [1.807, 2.05) is 0 Å². The first-order chi connectivity index (χ1) is 12.6. The van der Waals surface area contributed by atoms with Crippen molar-refractivity contribution in [1.29, 1.82) is 0 Å². The molecule has 0 spiro atoms. The Balaban J connectivity index is 1.87.